The van der Waals surface area contributed by atoms with Gasteiger partial charge in [0.05, 0.1) is 0 Å². The molecule has 0 fully saturated rings. The molecule has 0 aliphatic heterocycles. The van der Waals surface area contributed by atoms with Crippen molar-refractivity contribution >= 4 is 0 Å². The minimum Gasteiger partial charge on any atom is -0.486 e. The SMILES string of the molecule is Cc1cc(F)ccc1COc1ccccc1F. The Morgan fingerprint density at radius 1 is 1.06 bits per heavy atom. The lowest BCUT2D eigenvalue weighted by Gasteiger charge is -2.09. The summed E-state index contributed by atoms with van der Waals surface area (Å²) in [6.07, 6.45) is 0. The molecule has 0 aliphatic carbocycles. The van der Waals surface area contributed by atoms with E-state index in [1.165, 1.54) is 18.2 Å². The fraction of sp³-hybridized carbons (Fsp3) is 0.143. The van der Waals surface area contributed by atoms with E-state index in [4.69, 9.17) is 4.74 Å². The number of benzene rings is 2. The molecule has 3 heteroatoms. The molecule has 0 aliphatic rings. The van der Waals surface area contributed by atoms with Crippen molar-refractivity contribution in [3.8, 4) is 5.75 Å². The molecule has 0 radical (unpaired) electrons. The fourth-order valence-corrected chi connectivity index (χ4v) is 1.54. The van der Waals surface area contributed by atoms with E-state index < -0.39 is 5.82 Å². The lowest BCUT2D eigenvalue weighted by molar-refractivity contribution is 0.289. The van der Waals surface area contributed by atoms with Crippen molar-refractivity contribution in [3.63, 3.8) is 0 Å². The van der Waals surface area contributed by atoms with Crippen LogP contribution in [0.5, 0.6) is 5.75 Å². The third kappa shape index (κ3) is 2.81. The lowest BCUT2D eigenvalue weighted by Crippen LogP contribution is -1.99. The van der Waals surface area contributed by atoms with Crippen molar-refractivity contribution in [2.45, 2.75) is 13.5 Å². The Labute approximate surface area is 98.7 Å². The smallest absolute Gasteiger partial charge is 0.165 e. The van der Waals surface area contributed by atoms with Crippen LogP contribution in [0.4, 0.5) is 8.78 Å². The molecule has 0 amide bonds. The monoisotopic (exact) mass is 234 g/mol. The van der Waals surface area contributed by atoms with E-state index in [2.05, 4.69) is 0 Å². The van der Waals surface area contributed by atoms with E-state index in [0.29, 0.717) is 0 Å². The fourth-order valence-electron chi connectivity index (χ4n) is 1.54. The molecule has 0 N–H and O–H groups in total. The van der Waals surface area contributed by atoms with Gasteiger partial charge in [0.1, 0.15) is 12.4 Å². The van der Waals surface area contributed by atoms with Gasteiger partial charge in [0.25, 0.3) is 0 Å². The summed E-state index contributed by atoms with van der Waals surface area (Å²) < 4.78 is 31.5. The van der Waals surface area contributed by atoms with Gasteiger partial charge in [-0.3, -0.25) is 0 Å². The van der Waals surface area contributed by atoms with Crippen LogP contribution in [0, 0.1) is 18.6 Å². The number of aryl methyl sites for hydroxylation is 1. The molecule has 0 saturated heterocycles. The Kier molecular flexibility index (Phi) is 3.38. The molecule has 0 heterocycles. The summed E-state index contributed by atoms with van der Waals surface area (Å²) in [4.78, 5) is 0. The van der Waals surface area contributed by atoms with Crippen LogP contribution in [0.2, 0.25) is 0 Å². The normalized spacial score (nSPS) is 10.3. The first-order chi connectivity index (χ1) is 8.16. The molecule has 0 atom stereocenters. The zero-order chi connectivity index (χ0) is 12.3. The van der Waals surface area contributed by atoms with Gasteiger partial charge in [-0.2, -0.15) is 0 Å². The molecule has 2 aromatic rings. The Hall–Kier alpha value is -1.90. The first-order valence-corrected chi connectivity index (χ1v) is 5.29. The Morgan fingerprint density at radius 3 is 2.53 bits per heavy atom. The predicted molar refractivity (Wildman–Crippen MR) is 61.9 cm³/mol. The van der Waals surface area contributed by atoms with Crippen molar-refractivity contribution in [1.29, 1.82) is 0 Å². The number of halogens is 2. The highest BCUT2D eigenvalue weighted by molar-refractivity contribution is 5.28. The molecular formula is C14H12F2O. The Balaban J connectivity index is 2.10. The van der Waals surface area contributed by atoms with E-state index >= 15 is 0 Å². The quantitative estimate of drug-likeness (QED) is 0.783. The number of rotatable bonds is 3. The van der Waals surface area contributed by atoms with Crippen LogP contribution < -0.4 is 4.74 Å². The van der Waals surface area contributed by atoms with Gasteiger partial charge < -0.3 is 4.74 Å². The van der Waals surface area contributed by atoms with Gasteiger partial charge in [0, 0.05) is 0 Å². The molecule has 0 spiro atoms. The van der Waals surface area contributed by atoms with E-state index in [0.717, 1.165) is 11.1 Å². The van der Waals surface area contributed by atoms with Crippen molar-refractivity contribution in [1.82, 2.24) is 0 Å². The Bertz CT molecular complexity index is 523. The van der Waals surface area contributed by atoms with Gasteiger partial charge in [-0.05, 0) is 42.3 Å². The van der Waals surface area contributed by atoms with Crippen LogP contribution in [-0.2, 0) is 6.61 Å². The van der Waals surface area contributed by atoms with E-state index in [-0.39, 0.29) is 18.2 Å². The van der Waals surface area contributed by atoms with Gasteiger partial charge >= 0.3 is 0 Å². The maximum Gasteiger partial charge on any atom is 0.165 e. The van der Waals surface area contributed by atoms with Gasteiger partial charge in [-0.15, -0.1) is 0 Å². The predicted octanol–water partition coefficient (Wildman–Crippen LogP) is 3.85. The first kappa shape index (κ1) is 11.6. The molecule has 0 saturated carbocycles. The van der Waals surface area contributed by atoms with Gasteiger partial charge in [-0.25, -0.2) is 8.78 Å². The van der Waals surface area contributed by atoms with Crippen molar-refractivity contribution in [3.05, 3.63) is 65.2 Å². The van der Waals surface area contributed by atoms with E-state index in [1.54, 1.807) is 31.2 Å². The third-order valence-electron chi connectivity index (χ3n) is 2.52. The number of hydrogen-bond acceptors (Lipinski definition) is 1. The number of hydrogen-bond donors (Lipinski definition) is 0. The van der Waals surface area contributed by atoms with Crippen LogP contribution in [0.25, 0.3) is 0 Å². The van der Waals surface area contributed by atoms with Crippen LogP contribution in [-0.4, -0.2) is 0 Å². The molecule has 17 heavy (non-hydrogen) atoms. The molecule has 0 unspecified atom stereocenters. The summed E-state index contributed by atoms with van der Waals surface area (Å²) in [6, 6.07) is 10.7. The number of para-hydroxylation sites is 1. The minimum atomic E-state index is -0.396. The van der Waals surface area contributed by atoms with Gasteiger partial charge in [-0.1, -0.05) is 18.2 Å². The third-order valence-corrected chi connectivity index (χ3v) is 2.52. The van der Waals surface area contributed by atoms with Crippen molar-refractivity contribution < 1.29 is 13.5 Å². The van der Waals surface area contributed by atoms with Crippen molar-refractivity contribution in [2.75, 3.05) is 0 Å². The second-order valence-electron chi connectivity index (χ2n) is 3.79. The second-order valence-corrected chi connectivity index (χ2v) is 3.79. The molecule has 2 rings (SSSR count). The average molecular weight is 234 g/mol. The average Bonchev–Trinajstić information content (AvgIpc) is 2.30. The first-order valence-electron chi connectivity index (χ1n) is 5.29. The zero-order valence-corrected chi connectivity index (χ0v) is 9.41. The summed E-state index contributed by atoms with van der Waals surface area (Å²) in [5.74, 6) is -0.472. The molecule has 88 valence electrons. The highest BCUT2D eigenvalue weighted by Gasteiger charge is 2.04. The topological polar surface area (TPSA) is 9.23 Å². The lowest BCUT2D eigenvalue weighted by atomic mass is 10.1. The van der Waals surface area contributed by atoms with Crippen LogP contribution in [0.1, 0.15) is 11.1 Å². The largest absolute Gasteiger partial charge is 0.486 e. The summed E-state index contributed by atoms with van der Waals surface area (Å²) in [5, 5.41) is 0. The maximum atomic E-state index is 13.3. The highest BCUT2D eigenvalue weighted by atomic mass is 19.1. The summed E-state index contributed by atoms with van der Waals surface area (Å²) in [6.45, 7) is 2.02. The van der Waals surface area contributed by atoms with E-state index in [9.17, 15) is 8.78 Å². The van der Waals surface area contributed by atoms with Crippen LogP contribution in [0.15, 0.2) is 42.5 Å². The Morgan fingerprint density at radius 2 is 1.82 bits per heavy atom. The minimum absolute atomic E-state index is 0.205. The second kappa shape index (κ2) is 4.95. The number of ether oxygens (including phenoxy) is 1. The van der Waals surface area contributed by atoms with E-state index in [1.807, 2.05) is 0 Å². The highest BCUT2D eigenvalue weighted by Crippen LogP contribution is 2.18. The summed E-state index contributed by atoms with van der Waals surface area (Å²) in [5.41, 5.74) is 1.64. The maximum absolute atomic E-state index is 13.3. The molecular weight excluding hydrogens is 222 g/mol. The van der Waals surface area contributed by atoms with Gasteiger partial charge in [0.15, 0.2) is 11.6 Å². The standard InChI is InChI=1S/C14H12F2O/c1-10-8-12(15)7-6-11(10)9-17-14-5-3-2-4-13(14)16/h2-8H,9H2,1H3. The van der Waals surface area contributed by atoms with Crippen molar-refractivity contribution in [2.24, 2.45) is 0 Å². The zero-order valence-electron chi connectivity index (χ0n) is 9.41. The summed E-state index contributed by atoms with van der Waals surface area (Å²) >= 11 is 0. The molecule has 0 aromatic heterocycles. The van der Waals surface area contributed by atoms with Gasteiger partial charge in [0.2, 0.25) is 0 Å². The summed E-state index contributed by atoms with van der Waals surface area (Å²) in [7, 11) is 0. The van der Waals surface area contributed by atoms with Crippen LogP contribution >= 0.6 is 0 Å². The molecule has 0 bridgehead atoms. The molecule has 1 nitrogen and oxygen atoms in total. The molecule has 2 aromatic carbocycles. The van der Waals surface area contributed by atoms with Crippen LogP contribution in [0.3, 0.4) is 0 Å².